The molecule has 0 amide bonds. The Balaban J connectivity index is 1.38. The Morgan fingerprint density at radius 1 is 0.703 bits per heavy atom. The molecular formula is C35H31NO. The molecule has 1 saturated carbocycles. The second-order valence-electron chi connectivity index (χ2n) is 11.5. The number of benzene rings is 5. The summed E-state index contributed by atoms with van der Waals surface area (Å²) in [6.45, 7) is 4.71. The van der Waals surface area contributed by atoms with E-state index in [-0.39, 0.29) is 0 Å². The maximum atomic E-state index is 6.41. The van der Waals surface area contributed by atoms with Gasteiger partial charge in [-0.05, 0) is 94.8 Å². The Morgan fingerprint density at radius 2 is 1.35 bits per heavy atom. The van der Waals surface area contributed by atoms with Crippen LogP contribution in [0.4, 0.5) is 11.4 Å². The zero-order chi connectivity index (χ0) is 24.7. The molecule has 2 nitrogen and oxygen atoms in total. The highest BCUT2D eigenvalue weighted by Gasteiger charge is 2.41. The van der Waals surface area contributed by atoms with E-state index in [1.165, 1.54) is 74.9 Å². The first-order chi connectivity index (χ1) is 18.1. The van der Waals surface area contributed by atoms with Crippen LogP contribution < -0.4 is 4.90 Å². The van der Waals surface area contributed by atoms with Crippen LogP contribution in [0, 0.1) is 12.8 Å². The van der Waals surface area contributed by atoms with Crippen molar-refractivity contribution in [3.63, 3.8) is 0 Å². The highest BCUT2D eigenvalue weighted by Crippen LogP contribution is 2.53. The third-order valence-corrected chi connectivity index (χ3v) is 9.12. The van der Waals surface area contributed by atoms with Gasteiger partial charge in [0.2, 0.25) is 0 Å². The summed E-state index contributed by atoms with van der Waals surface area (Å²) in [5.74, 6) is 1.33. The molecule has 0 spiro atoms. The molecule has 8 rings (SSSR count). The number of nitrogens with zero attached hydrogens (tertiary/aromatic N) is 1. The normalized spacial score (nSPS) is 21.6. The molecule has 1 fully saturated rings. The van der Waals surface area contributed by atoms with Crippen molar-refractivity contribution in [3.8, 4) is 0 Å². The molecule has 182 valence electrons. The van der Waals surface area contributed by atoms with E-state index in [4.69, 9.17) is 4.42 Å². The summed E-state index contributed by atoms with van der Waals surface area (Å²) in [5, 5.41) is 7.60. The van der Waals surface area contributed by atoms with Gasteiger partial charge in [0.15, 0.2) is 0 Å². The number of hydrogen-bond acceptors (Lipinski definition) is 2. The Hall–Kier alpha value is -3.78. The van der Waals surface area contributed by atoms with Crippen molar-refractivity contribution in [1.82, 2.24) is 0 Å². The predicted molar refractivity (Wildman–Crippen MR) is 156 cm³/mol. The third kappa shape index (κ3) is 3.18. The second-order valence-corrected chi connectivity index (χ2v) is 11.5. The quantitative estimate of drug-likeness (QED) is 0.232. The van der Waals surface area contributed by atoms with Crippen molar-refractivity contribution in [2.45, 2.75) is 51.5 Å². The van der Waals surface area contributed by atoms with Crippen LogP contribution in [0.1, 0.15) is 49.7 Å². The summed E-state index contributed by atoms with van der Waals surface area (Å²) in [4.78, 5) is 2.71. The summed E-state index contributed by atoms with van der Waals surface area (Å²) >= 11 is 0. The molecule has 2 heteroatoms. The average Bonchev–Trinajstić information content (AvgIpc) is 3.30. The van der Waals surface area contributed by atoms with Gasteiger partial charge in [0.05, 0.1) is 0 Å². The summed E-state index contributed by atoms with van der Waals surface area (Å²) in [5.41, 5.74) is 7.52. The average molecular weight is 482 g/mol. The molecule has 1 aromatic heterocycles. The minimum atomic E-state index is 0.499. The number of fused-ring (bicyclic) bond motifs is 8. The molecule has 6 aromatic rings. The Labute approximate surface area is 217 Å². The van der Waals surface area contributed by atoms with Crippen molar-refractivity contribution >= 4 is 54.9 Å². The van der Waals surface area contributed by atoms with Crippen molar-refractivity contribution in [2.75, 3.05) is 4.90 Å². The van der Waals surface area contributed by atoms with Crippen molar-refractivity contribution in [1.29, 1.82) is 0 Å². The van der Waals surface area contributed by atoms with Gasteiger partial charge in [-0.25, -0.2) is 0 Å². The van der Waals surface area contributed by atoms with E-state index in [1.54, 1.807) is 5.56 Å². The fraction of sp³-hybridized carbons (Fsp3) is 0.257. The van der Waals surface area contributed by atoms with E-state index < -0.39 is 0 Å². The summed E-state index contributed by atoms with van der Waals surface area (Å²) in [7, 11) is 0. The summed E-state index contributed by atoms with van der Waals surface area (Å²) in [6, 6.07) is 32.1. The van der Waals surface area contributed by atoms with Gasteiger partial charge < -0.3 is 9.32 Å². The van der Waals surface area contributed by atoms with Gasteiger partial charge in [-0.1, -0.05) is 68.3 Å². The molecule has 5 aromatic carbocycles. The number of rotatable bonds is 1. The fourth-order valence-electron chi connectivity index (χ4n) is 7.32. The molecule has 3 atom stereocenters. The van der Waals surface area contributed by atoms with Crippen molar-refractivity contribution < 1.29 is 4.42 Å². The maximum absolute atomic E-state index is 6.41. The minimum absolute atomic E-state index is 0.499. The molecular weight excluding hydrogens is 450 g/mol. The molecule has 2 aliphatic rings. The number of anilines is 2. The molecule has 1 aliphatic heterocycles. The van der Waals surface area contributed by atoms with Crippen molar-refractivity contribution in [2.24, 2.45) is 5.92 Å². The Kier molecular flexibility index (Phi) is 4.53. The first kappa shape index (κ1) is 21.3. The number of hydrogen-bond donors (Lipinski definition) is 0. The van der Waals surface area contributed by atoms with Crippen LogP contribution in [0.25, 0.3) is 43.5 Å². The summed E-state index contributed by atoms with van der Waals surface area (Å²) < 4.78 is 6.41. The minimum Gasteiger partial charge on any atom is -0.456 e. The zero-order valence-electron chi connectivity index (χ0n) is 21.5. The first-order valence-electron chi connectivity index (χ1n) is 13.8. The van der Waals surface area contributed by atoms with Crippen LogP contribution >= 0.6 is 0 Å². The zero-order valence-corrected chi connectivity index (χ0v) is 21.5. The van der Waals surface area contributed by atoms with E-state index in [2.05, 4.69) is 104 Å². The molecule has 0 radical (unpaired) electrons. The molecule has 0 saturated heterocycles. The van der Waals surface area contributed by atoms with Gasteiger partial charge in [-0.2, -0.15) is 0 Å². The smallest absolute Gasteiger partial charge is 0.136 e. The fourth-order valence-corrected chi connectivity index (χ4v) is 7.32. The van der Waals surface area contributed by atoms with Gasteiger partial charge in [-0.3, -0.25) is 0 Å². The lowest BCUT2D eigenvalue weighted by atomic mass is 9.89. The van der Waals surface area contributed by atoms with E-state index in [1.807, 2.05) is 0 Å². The van der Waals surface area contributed by atoms with Crippen molar-refractivity contribution in [3.05, 3.63) is 96.1 Å². The van der Waals surface area contributed by atoms with Crippen LogP contribution in [0.2, 0.25) is 0 Å². The lowest BCUT2D eigenvalue weighted by Gasteiger charge is -2.32. The topological polar surface area (TPSA) is 16.4 Å². The van der Waals surface area contributed by atoms with Crippen LogP contribution in [-0.2, 0) is 0 Å². The van der Waals surface area contributed by atoms with Crippen LogP contribution in [0.3, 0.4) is 0 Å². The molecule has 1 aliphatic carbocycles. The van der Waals surface area contributed by atoms with Gasteiger partial charge in [-0.15, -0.1) is 0 Å². The number of aryl methyl sites for hydroxylation is 1. The largest absolute Gasteiger partial charge is 0.456 e. The molecule has 37 heavy (non-hydrogen) atoms. The van der Waals surface area contributed by atoms with E-state index in [0.29, 0.717) is 12.0 Å². The number of furan rings is 1. The van der Waals surface area contributed by atoms with E-state index in [9.17, 15) is 0 Å². The molecule has 2 heterocycles. The van der Waals surface area contributed by atoms with Crippen LogP contribution in [0.15, 0.2) is 89.3 Å². The lowest BCUT2D eigenvalue weighted by molar-refractivity contribution is 0.457. The van der Waals surface area contributed by atoms with Crippen LogP contribution in [0.5, 0.6) is 0 Å². The van der Waals surface area contributed by atoms with Gasteiger partial charge in [0.1, 0.15) is 11.2 Å². The monoisotopic (exact) mass is 481 g/mol. The Morgan fingerprint density at radius 3 is 2.14 bits per heavy atom. The molecule has 0 N–H and O–H groups in total. The maximum Gasteiger partial charge on any atom is 0.136 e. The summed E-state index contributed by atoms with van der Waals surface area (Å²) in [6.07, 6.45) is 5.17. The predicted octanol–water partition coefficient (Wildman–Crippen LogP) is 10.0. The van der Waals surface area contributed by atoms with Gasteiger partial charge >= 0.3 is 0 Å². The Bertz CT molecular complexity index is 1840. The molecule has 3 unspecified atom stereocenters. The lowest BCUT2D eigenvalue weighted by Crippen LogP contribution is -2.31. The first-order valence-corrected chi connectivity index (χ1v) is 13.8. The van der Waals surface area contributed by atoms with Gasteiger partial charge in [0, 0.05) is 34.1 Å². The van der Waals surface area contributed by atoms with Crippen LogP contribution in [-0.4, -0.2) is 6.04 Å². The highest BCUT2D eigenvalue weighted by molar-refractivity contribution is 6.11. The SMILES string of the molecule is Cc1cc2oc3cc4ccccc4cc3c2cc1N1c2cc3ccccc3cc2C2CCCC(C)CC21. The highest BCUT2D eigenvalue weighted by atomic mass is 16.3. The molecule has 0 bridgehead atoms. The van der Waals surface area contributed by atoms with E-state index >= 15 is 0 Å². The third-order valence-electron chi connectivity index (χ3n) is 9.12. The van der Waals surface area contributed by atoms with E-state index in [0.717, 1.165) is 17.1 Å². The van der Waals surface area contributed by atoms with Gasteiger partial charge in [0.25, 0.3) is 0 Å². The second kappa shape index (κ2) is 7.86. The standard InChI is InChI=1S/C35H31NO/c1-21-8-7-13-27-28-16-23-9-3-5-11-25(23)18-33(28)36(32(27)14-21)31-20-30-29-17-24-10-4-6-12-26(24)19-35(29)37-34(30)15-22(31)2/h3-6,9-12,15-21,27,32H,7-8,13-14H2,1-2H3.